The van der Waals surface area contributed by atoms with Crippen molar-refractivity contribution in [2.45, 2.75) is 13.3 Å². The number of nitrogens with one attached hydrogen (secondary N) is 1. The molecule has 0 bridgehead atoms. The van der Waals surface area contributed by atoms with E-state index in [-0.39, 0.29) is 0 Å². The minimum Gasteiger partial charge on any atom is -0.263 e. The first kappa shape index (κ1) is 9.64. The van der Waals surface area contributed by atoms with Crippen LogP contribution >= 0.6 is 22.6 Å². The summed E-state index contributed by atoms with van der Waals surface area (Å²) in [5, 5.41) is 7.05. The summed E-state index contributed by atoms with van der Waals surface area (Å²) in [5.41, 5.74) is 1.06. The molecule has 14 heavy (non-hydrogen) atoms. The molecule has 72 valence electrons. The van der Waals surface area contributed by atoms with E-state index in [1.807, 2.05) is 12.1 Å². The van der Waals surface area contributed by atoms with Gasteiger partial charge in [0.25, 0.3) is 0 Å². The van der Waals surface area contributed by atoms with Crippen molar-refractivity contribution in [3.63, 3.8) is 0 Å². The first-order valence-electron chi connectivity index (χ1n) is 4.47. The highest BCUT2D eigenvalue weighted by molar-refractivity contribution is 14.1. The Morgan fingerprint density at radius 3 is 2.57 bits per heavy atom. The van der Waals surface area contributed by atoms with Gasteiger partial charge in [-0.05, 0) is 34.7 Å². The predicted octanol–water partition coefficient (Wildman–Crippen LogP) is 2.64. The number of hydrogen-bond donors (Lipinski definition) is 1. The van der Waals surface area contributed by atoms with E-state index in [9.17, 15) is 0 Å². The van der Waals surface area contributed by atoms with Crippen LogP contribution in [0.4, 0.5) is 0 Å². The molecule has 2 aromatic rings. The highest BCUT2D eigenvalue weighted by Gasteiger charge is 2.03. The molecule has 0 atom stereocenters. The van der Waals surface area contributed by atoms with Crippen LogP contribution < -0.4 is 0 Å². The van der Waals surface area contributed by atoms with Gasteiger partial charge in [0.05, 0.1) is 0 Å². The van der Waals surface area contributed by atoms with Gasteiger partial charge < -0.3 is 0 Å². The molecule has 1 N–H and O–H groups in total. The fraction of sp³-hybridized carbons (Fsp3) is 0.200. The van der Waals surface area contributed by atoms with Gasteiger partial charge in [-0.1, -0.05) is 19.1 Å². The van der Waals surface area contributed by atoms with Crippen LogP contribution in [-0.2, 0) is 6.42 Å². The van der Waals surface area contributed by atoms with E-state index in [0.717, 1.165) is 23.6 Å². The van der Waals surface area contributed by atoms with Crippen LogP contribution in [0.25, 0.3) is 11.4 Å². The van der Waals surface area contributed by atoms with Crippen molar-refractivity contribution in [3.8, 4) is 11.4 Å². The Balaban J connectivity index is 2.34. The molecule has 0 radical (unpaired) electrons. The molecule has 0 aliphatic rings. The van der Waals surface area contributed by atoms with Crippen molar-refractivity contribution in [2.24, 2.45) is 0 Å². The van der Waals surface area contributed by atoms with Gasteiger partial charge in [-0.2, -0.15) is 5.10 Å². The Bertz CT molecular complexity index is 419. The zero-order chi connectivity index (χ0) is 9.97. The molecule has 1 heterocycles. The number of aromatic nitrogens is 3. The van der Waals surface area contributed by atoms with Gasteiger partial charge in [0.2, 0.25) is 0 Å². The normalized spacial score (nSPS) is 10.4. The van der Waals surface area contributed by atoms with Crippen molar-refractivity contribution in [2.75, 3.05) is 0 Å². The Hall–Kier alpha value is -0.910. The van der Waals surface area contributed by atoms with Crippen LogP contribution in [0, 0.1) is 3.57 Å². The number of nitrogens with zero attached hydrogens (tertiary/aromatic N) is 2. The molecule has 2 rings (SSSR count). The molecule has 0 aliphatic carbocycles. The molecule has 3 nitrogen and oxygen atoms in total. The molecule has 0 unspecified atom stereocenters. The third-order valence-electron chi connectivity index (χ3n) is 1.97. The fourth-order valence-corrected chi connectivity index (χ4v) is 1.54. The average Bonchev–Trinajstić information content (AvgIpc) is 2.67. The lowest BCUT2D eigenvalue weighted by Crippen LogP contribution is -1.82. The summed E-state index contributed by atoms with van der Waals surface area (Å²) < 4.78 is 1.22. The van der Waals surface area contributed by atoms with Crippen LogP contribution in [0.2, 0.25) is 0 Å². The van der Waals surface area contributed by atoms with E-state index in [1.54, 1.807) is 0 Å². The third-order valence-corrected chi connectivity index (χ3v) is 2.69. The maximum atomic E-state index is 4.36. The first-order chi connectivity index (χ1) is 6.79. The number of hydrogen-bond acceptors (Lipinski definition) is 2. The van der Waals surface area contributed by atoms with E-state index in [2.05, 4.69) is 56.8 Å². The van der Waals surface area contributed by atoms with E-state index < -0.39 is 0 Å². The molecular formula is C10H10IN3. The molecule has 0 spiro atoms. The van der Waals surface area contributed by atoms with Crippen LogP contribution in [0.1, 0.15) is 12.7 Å². The zero-order valence-electron chi connectivity index (χ0n) is 7.79. The standard InChI is InChI=1S/C10H10IN3/c1-2-9-12-10(14-13-9)7-3-5-8(11)6-4-7/h3-6H,2H2,1H3,(H,12,13,14). The number of aryl methyl sites for hydroxylation is 1. The molecule has 0 fully saturated rings. The highest BCUT2D eigenvalue weighted by Crippen LogP contribution is 2.16. The van der Waals surface area contributed by atoms with Crippen LogP contribution in [0.15, 0.2) is 24.3 Å². The molecule has 0 amide bonds. The molecule has 4 heteroatoms. The molecule has 1 aromatic heterocycles. The van der Waals surface area contributed by atoms with Crippen molar-refractivity contribution < 1.29 is 0 Å². The number of H-pyrrole nitrogens is 1. The Morgan fingerprint density at radius 2 is 2.00 bits per heavy atom. The number of benzene rings is 1. The second-order valence-corrected chi connectivity index (χ2v) is 4.21. The smallest absolute Gasteiger partial charge is 0.181 e. The zero-order valence-corrected chi connectivity index (χ0v) is 9.95. The van der Waals surface area contributed by atoms with Gasteiger partial charge >= 0.3 is 0 Å². The van der Waals surface area contributed by atoms with Crippen molar-refractivity contribution >= 4 is 22.6 Å². The summed E-state index contributed by atoms with van der Waals surface area (Å²) in [7, 11) is 0. The van der Waals surface area contributed by atoms with Gasteiger partial charge in [0, 0.05) is 15.6 Å². The lowest BCUT2D eigenvalue weighted by molar-refractivity contribution is 0.946. The van der Waals surface area contributed by atoms with Crippen molar-refractivity contribution in [1.82, 2.24) is 15.2 Å². The van der Waals surface area contributed by atoms with Crippen molar-refractivity contribution in [3.05, 3.63) is 33.7 Å². The predicted molar refractivity (Wildman–Crippen MR) is 63.9 cm³/mol. The second kappa shape index (κ2) is 4.08. The maximum absolute atomic E-state index is 4.36. The monoisotopic (exact) mass is 299 g/mol. The van der Waals surface area contributed by atoms with E-state index in [0.29, 0.717) is 0 Å². The first-order valence-corrected chi connectivity index (χ1v) is 5.54. The number of halogens is 1. The fourth-order valence-electron chi connectivity index (χ4n) is 1.18. The van der Waals surface area contributed by atoms with E-state index in [1.165, 1.54) is 3.57 Å². The SMILES string of the molecule is CCc1nc(-c2ccc(I)cc2)n[nH]1. The summed E-state index contributed by atoms with van der Waals surface area (Å²) in [5.74, 6) is 1.71. The van der Waals surface area contributed by atoms with E-state index >= 15 is 0 Å². The molecule has 0 saturated carbocycles. The summed E-state index contributed by atoms with van der Waals surface area (Å²) >= 11 is 2.28. The van der Waals surface area contributed by atoms with Gasteiger partial charge in [-0.25, -0.2) is 4.98 Å². The number of rotatable bonds is 2. The second-order valence-electron chi connectivity index (χ2n) is 2.97. The quantitative estimate of drug-likeness (QED) is 0.866. The largest absolute Gasteiger partial charge is 0.263 e. The van der Waals surface area contributed by atoms with E-state index in [4.69, 9.17) is 0 Å². The van der Waals surface area contributed by atoms with Gasteiger partial charge in [-0.15, -0.1) is 0 Å². The van der Waals surface area contributed by atoms with Gasteiger partial charge in [0.15, 0.2) is 5.82 Å². The van der Waals surface area contributed by atoms with Gasteiger partial charge in [0.1, 0.15) is 5.82 Å². The van der Waals surface area contributed by atoms with Crippen LogP contribution in [0.3, 0.4) is 0 Å². The summed E-state index contributed by atoms with van der Waals surface area (Å²) in [4.78, 5) is 4.36. The number of aromatic amines is 1. The summed E-state index contributed by atoms with van der Waals surface area (Å²) in [6.45, 7) is 2.05. The Labute approximate surface area is 96.1 Å². The molecule has 1 aromatic carbocycles. The average molecular weight is 299 g/mol. The maximum Gasteiger partial charge on any atom is 0.181 e. The lowest BCUT2D eigenvalue weighted by atomic mass is 10.2. The topological polar surface area (TPSA) is 41.6 Å². The van der Waals surface area contributed by atoms with Gasteiger partial charge in [-0.3, -0.25) is 5.10 Å². The summed E-state index contributed by atoms with van der Waals surface area (Å²) in [6, 6.07) is 8.17. The molecule has 0 aliphatic heterocycles. The van der Waals surface area contributed by atoms with Crippen LogP contribution in [0.5, 0.6) is 0 Å². The van der Waals surface area contributed by atoms with Crippen molar-refractivity contribution in [1.29, 1.82) is 0 Å². The molecule has 0 saturated heterocycles. The lowest BCUT2D eigenvalue weighted by Gasteiger charge is -1.94. The molecular weight excluding hydrogens is 289 g/mol. The minimum absolute atomic E-state index is 0.776. The van der Waals surface area contributed by atoms with Crippen LogP contribution in [-0.4, -0.2) is 15.2 Å². The summed E-state index contributed by atoms with van der Waals surface area (Å²) in [6.07, 6.45) is 0.886. The Morgan fingerprint density at radius 1 is 1.29 bits per heavy atom. The minimum atomic E-state index is 0.776. The Kier molecular flexibility index (Phi) is 2.81. The highest BCUT2D eigenvalue weighted by atomic mass is 127. The third kappa shape index (κ3) is 1.95.